The number of hydroxylamine groups is 1. The fraction of sp³-hybridized carbons (Fsp3) is 0.280. The molecule has 170 valence electrons. The third-order valence-electron chi connectivity index (χ3n) is 5.36. The highest BCUT2D eigenvalue weighted by molar-refractivity contribution is 7.80. The van der Waals surface area contributed by atoms with Gasteiger partial charge in [-0.2, -0.15) is 0 Å². The molecule has 4 rings (SSSR count). The summed E-state index contributed by atoms with van der Waals surface area (Å²) in [6.07, 6.45) is 2.03. The van der Waals surface area contributed by atoms with Gasteiger partial charge in [-0.3, -0.25) is 15.5 Å². The van der Waals surface area contributed by atoms with Gasteiger partial charge in [0.2, 0.25) is 0 Å². The Kier molecular flexibility index (Phi) is 7.58. The zero-order valence-electron chi connectivity index (χ0n) is 17.9. The largest absolute Gasteiger partial charge is 0.493 e. The van der Waals surface area contributed by atoms with E-state index in [9.17, 15) is 4.79 Å². The SMILES string of the molecule is O=C(NCC#Cc1ccc(C(=S)NO)cc1)c1cc2cc(OCC3CCOCC3)ccc2o1. The molecule has 8 heteroatoms. The van der Waals surface area contributed by atoms with Crippen LogP contribution >= 0.6 is 12.2 Å². The normalized spacial score (nSPS) is 13.7. The molecular formula is C25H24N2O5S. The first kappa shape index (κ1) is 22.8. The van der Waals surface area contributed by atoms with Gasteiger partial charge in [0, 0.05) is 29.7 Å². The monoisotopic (exact) mass is 464 g/mol. The first-order valence-electron chi connectivity index (χ1n) is 10.7. The van der Waals surface area contributed by atoms with Crippen LogP contribution < -0.4 is 15.5 Å². The second kappa shape index (κ2) is 11.0. The lowest BCUT2D eigenvalue weighted by Crippen LogP contribution is -2.22. The number of furan rings is 1. The Balaban J connectivity index is 1.31. The number of hydrogen-bond donors (Lipinski definition) is 3. The quantitative estimate of drug-likeness (QED) is 0.291. The van der Waals surface area contributed by atoms with Gasteiger partial charge in [-0.1, -0.05) is 36.2 Å². The van der Waals surface area contributed by atoms with Crippen molar-refractivity contribution >= 4 is 34.1 Å². The number of nitrogens with one attached hydrogen (secondary N) is 2. The van der Waals surface area contributed by atoms with Crippen molar-refractivity contribution in [3.8, 4) is 17.6 Å². The van der Waals surface area contributed by atoms with Gasteiger partial charge in [-0.15, -0.1) is 0 Å². The van der Waals surface area contributed by atoms with Crippen molar-refractivity contribution in [2.45, 2.75) is 12.8 Å². The molecule has 2 heterocycles. The van der Waals surface area contributed by atoms with Gasteiger partial charge < -0.3 is 19.2 Å². The zero-order valence-corrected chi connectivity index (χ0v) is 18.7. The summed E-state index contributed by atoms with van der Waals surface area (Å²) in [7, 11) is 0. The smallest absolute Gasteiger partial charge is 0.287 e. The van der Waals surface area contributed by atoms with E-state index in [1.165, 1.54) is 0 Å². The summed E-state index contributed by atoms with van der Waals surface area (Å²) in [5.74, 6) is 7.03. The van der Waals surface area contributed by atoms with E-state index < -0.39 is 0 Å². The number of rotatable bonds is 6. The second-order valence-electron chi connectivity index (χ2n) is 7.68. The lowest BCUT2D eigenvalue weighted by atomic mass is 10.0. The standard InChI is InChI=1S/C25H24N2O5S/c28-24(26-11-1-2-17-3-5-19(6-4-17)25(33)27-29)23-15-20-14-21(7-8-22(20)32-23)31-16-18-9-12-30-13-10-18/h3-8,14-15,18,29H,9-13,16H2,(H,26,28)(H,27,33). The number of ether oxygens (including phenoxy) is 2. The highest BCUT2D eigenvalue weighted by Gasteiger charge is 2.15. The van der Waals surface area contributed by atoms with Gasteiger partial charge in [-0.05, 0) is 55.2 Å². The van der Waals surface area contributed by atoms with Gasteiger partial charge in [0.15, 0.2) is 5.76 Å². The topological polar surface area (TPSA) is 93.0 Å². The Labute approximate surface area is 197 Å². The molecule has 1 amide bonds. The van der Waals surface area contributed by atoms with Crippen LogP contribution in [0.5, 0.6) is 5.75 Å². The number of amides is 1. The average molecular weight is 465 g/mol. The lowest BCUT2D eigenvalue weighted by Gasteiger charge is -2.22. The first-order chi connectivity index (χ1) is 16.1. The molecule has 1 fully saturated rings. The van der Waals surface area contributed by atoms with Crippen LogP contribution in [-0.2, 0) is 4.74 Å². The van der Waals surface area contributed by atoms with Crippen LogP contribution in [0.4, 0.5) is 0 Å². The Bertz CT molecular complexity index is 1190. The molecule has 1 aliphatic rings. The van der Waals surface area contributed by atoms with Crippen molar-refractivity contribution in [2.75, 3.05) is 26.4 Å². The molecule has 0 radical (unpaired) electrons. The lowest BCUT2D eigenvalue weighted by molar-refractivity contribution is 0.0498. The molecule has 0 aliphatic carbocycles. The van der Waals surface area contributed by atoms with Crippen LogP contribution in [-0.4, -0.2) is 42.5 Å². The molecule has 3 aromatic rings. The molecule has 7 nitrogen and oxygen atoms in total. The third kappa shape index (κ3) is 6.11. The van der Waals surface area contributed by atoms with E-state index in [1.54, 1.807) is 30.3 Å². The van der Waals surface area contributed by atoms with Crippen LogP contribution in [0, 0.1) is 17.8 Å². The predicted molar refractivity (Wildman–Crippen MR) is 128 cm³/mol. The summed E-state index contributed by atoms with van der Waals surface area (Å²) in [6.45, 7) is 2.42. The van der Waals surface area contributed by atoms with E-state index in [4.69, 9.17) is 31.3 Å². The number of thiocarbonyl (C=S) groups is 1. The maximum Gasteiger partial charge on any atom is 0.287 e. The Morgan fingerprint density at radius 2 is 1.94 bits per heavy atom. The van der Waals surface area contributed by atoms with Gasteiger partial charge >= 0.3 is 0 Å². The van der Waals surface area contributed by atoms with E-state index in [-0.39, 0.29) is 23.2 Å². The van der Waals surface area contributed by atoms with Gasteiger partial charge in [0.25, 0.3) is 5.91 Å². The molecule has 0 saturated carbocycles. The summed E-state index contributed by atoms with van der Waals surface area (Å²) in [4.78, 5) is 12.7. The molecule has 2 aromatic carbocycles. The molecule has 0 atom stereocenters. The van der Waals surface area contributed by atoms with Crippen molar-refractivity contribution < 1.29 is 23.9 Å². The Morgan fingerprint density at radius 1 is 1.15 bits per heavy atom. The summed E-state index contributed by atoms with van der Waals surface area (Å²) < 4.78 is 17.0. The Morgan fingerprint density at radius 3 is 2.70 bits per heavy atom. The summed E-state index contributed by atoms with van der Waals surface area (Å²) >= 11 is 4.95. The predicted octanol–water partition coefficient (Wildman–Crippen LogP) is 3.67. The molecule has 0 spiro atoms. The van der Waals surface area contributed by atoms with E-state index in [0.717, 1.165) is 42.8 Å². The minimum absolute atomic E-state index is 0.174. The molecular weight excluding hydrogens is 440 g/mol. The average Bonchev–Trinajstić information content (AvgIpc) is 3.29. The second-order valence-corrected chi connectivity index (χ2v) is 8.09. The highest BCUT2D eigenvalue weighted by Crippen LogP contribution is 2.25. The van der Waals surface area contributed by atoms with Crippen LogP contribution in [0.1, 0.15) is 34.5 Å². The highest BCUT2D eigenvalue weighted by atomic mass is 32.1. The maximum absolute atomic E-state index is 12.4. The van der Waals surface area contributed by atoms with Gasteiger partial charge in [0.1, 0.15) is 16.3 Å². The molecule has 1 aromatic heterocycles. The van der Waals surface area contributed by atoms with Crippen molar-refractivity contribution in [2.24, 2.45) is 5.92 Å². The number of benzene rings is 2. The van der Waals surface area contributed by atoms with Gasteiger partial charge in [-0.25, -0.2) is 0 Å². The summed E-state index contributed by atoms with van der Waals surface area (Å²) in [5, 5.41) is 12.4. The molecule has 0 bridgehead atoms. The number of carbonyl (C=O) groups excluding carboxylic acids is 1. The van der Waals surface area contributed by atoms with E-state index >= 15 is 0 Å². The molecule has 33 heavy (non-hydrogen) atoms. The van der Waals surface area contributed by atoms with Crippen LogP contribution in [0.2, 0.25) is 0 Å². The molecule has 1 saturated heterocycles. The fourth-order valence-electron chi connectivity index (χ4n) is 3.48. The van der Waals surface area contributed by atoms with Crippen LogP contribution in [0.15, 0.2) is 52.9 Å². The number of carbonyl (C=O) groups is 1. The minimum Gasteiger partial charge on any atom is -0.493 e. The summed E-state index contributed by atoms with van der Waals surface area (Å²) in [5.41, 5.74) is 4.02. The van der Waals surface area contributed by atoms with Gasteiger partial charge in [0.05, 0.1) is 13.2 Å². The first-order valence-corrected chi connectivity index (χ1v) is 11.1. The zero-order chi connectivity index (χ0) is 23.0. The van der Waals surface area contributed by atoms with E-state index in [0.29, 0.717) is 23.7 Å². The molecule has 1 aliphatic heterocycles. The maximum atomic E-state index is 12.4. The van der Waals surface area contributed by atoms with Crippen molar-refractivity contribution in [1.29, 1.82) is 0 Å². The van der Waals surface area contributed by atoms with Crippen LogP contribution in [0.25, 0.3) is 11.0 Å². The van der Waals surface area contributed by atoms with E-state index in [2.05, 4.69) is 17.2 Å². The third-order valence-corrected chi connectivity index (χ3v) is 5.68. The fourth-order valence-corrected chi connectivity index (χ4v) is 3.61. The van der Waals surface area contributed by atoms with Crippen molar-refractivity contribution in [1.82, 2.24) is 10.8 Å². The molecule has 0 unspecified atom stereocenters. The van der Waals surface area contributed by atoms with Crippen molar-refractivity contribution in [3.05, 3.63) is 65.4 Å². The van der Waals surface area contributed by atoms with Crippen molar-refractivity contribution in [3.63, 3.8) is 0 Å². The van der Waals surface area contributed by atoms with E-state index in [1.807, 2.05) is 23.7 Å². The molecule has 3 N–H and O–H groups in total. The number of hydrogen-bond acceptors (Lipinski definition) is 6. The number of fused-ring (bicyclic) bond motifs is 1. The van der Waals surface area contributed by atoms with Crippen LogP contribution in [0.3, 0.4) is 0 Å². The Hall–Kier alpha value is -3.38. The minimum atomic E-state index is -0.333. The summed E-state index contributed by atoms with van der Waals surface area (Å²) in [6, 6.07) is 14.3.